The van der Waals surface area contributed by atoms with Crippen molar-refractivity contribution in [1.29, 1.82) is 0 Å². The number of epoxide rings is 1. The van der Waals surface area contributed by atoms with Gasteiger partial charge in [-0.05, 0) is 49.4 Å². The molecule has 11 heavy (non-hydrogen) atoms. The highest BCUT2D eigenvalue weighted by Gasteiger charge is 2.64. The summed E-state index contributed by atoms with van der Waals surface area (Å²) in [6.07, 6.45) is 7.53. The molecule has 2 bridgehead atoms. The Kier molecular flexibility index (Phi) is 0.769. The van der Waals surface area contributed by atoms with E-state index in [1.54, 1.807) is 12.8 Å². The van der Waals surface area contributed by atoms with E-state index >= 15 is 0 Å². The van der Waals surface area contributed by atoms with Crippen molar-refractivity contribution in [2.45, 2.75) is 37.9 Å². The van der Waals surface area contributed by atoms with E-state index in [2.05, 4.69) is 0 Å². The van der Waals surface area contributed by atoms with Crippen molar-refractivity contribution in [3.8, 4) is 0 Å². The van der Waals surface area contributed by atoms with E-state index in [0.29, 0.717) is 0 Å². The number of hydrogen-bond acceptors (Lipinski definition) is 1. The topological polar surface area (TPSA) is 12.5 Å². The van der Waals surface area contributed by atoms with Crippen molar-refractivity contribution in [2.75, 3.05) is 0 Å². The van der Waals surface area contributed by atoms with Crippen LogP contribution in [0.4, 0.5) is 0 Å². The molecule has 0 N–H and O–H groups in total. The van der Waals surface area contributed by atoms with Gasteiger partial charge in [-0.15, -0.1) is 0 Å². The van der Waals surface area contributed by atoms with Gasteiger partial charge in [0, 0.05) is 0 Å². The average molecular weight is 150 g/mol. The quantitative estimate of drug-likeness (QED) is 0.480. The van der Waals surface area contributed by atoms with Gasteiger partial charge in [-0.2, -0.15) is 0 Å². The molecular formula is C10H14O. The molecule has 0 aromatic heterocycles. The van der Waals surface area contributed by atoms with Crippen LogP contribution in [0.2, 0.25) is 0 Å². The molecule has 0 aromatic rings. The van der Waals surface area contributed by atoms with Crippen LogP contribution in [-0.4, -0.2) is 12.2 Å². The van der Waals surface area contributed by atoms with Crippen LogP contribution in [0.3, 0.4) is 0 Å². The molecule has 4 aliphatic rings. The summed E-state index contributed by atoms with van der Waals surface area (Å²) >= 11 is 0. The molecular weight excluding hydrogens is 136 g/mol. The summed E-state index contributed by atoms with van der Waals surface area (Å²) < 4.78 is 5.62. The predicted molar refractivity (Wildman–Crippen MR) is 41.1 cm³/mol. The Morgan fingerprint density at radius 3 is 2.82 bits per heavy atom. The number of hydrogen-bond donors (Lipinski definition) is 0. The van der Waals surface area contributed by atoms with Gasteiger partial charge in [0.15, 0.2) is 0 Å². The Morgan fingerprint density at radius 2 is 1.91 bits per heavy atom. The molecule has 1 heteroatoms. The van der Waals surface area contributed by atoms with E-state index < -0.39 is 0 Å². The molecule has 1 heterocycles. The van der Waals surface area contributed by atoms with E-state index in [-0.39, 0.29) is 0 Å². The monoisotopic (exact) mass is 150 g/mol. The lowest BCUT2D eigenvalue weighted by Crippen LogP contribution is -2.22. The minimum absolute atomic E-state index is 0.730. The Labute approximate surface area is 67.1 Å². The molecule has 1 aliphatic heterocycles. The second-order valence-electron chi connectivity index (χ2n) is 4.95. The second-order valence-corrected chi connectivity index (χ2v) is 4.95. The minimum Gasteiger partial charge on any atom is -0.369 e. The van der Waals surface area contributed by atoms with Gasteiger partial charge in [-0.1, -0.05) is 0 Å². The maximum atomic E-state index is 5.62. The molecule has 0 radical (unpaired) electrons. The third kappa shape index (κ3) is 0.516. The first-order chi connectivity index (χ1) is 5.43. The predicted octanol–water partition coefficient (Wildman–Crippen LogP) is 1.82. The fourth-order valence-electron chi connectivity index (χ4n) is 4.27. The van der Waals surface area contributed by atoms with Crippen LogP contribution in [0.15, 0.2) is 0 Å². The third-order valence-electron chi connectivity index (χ3n) is 4.66. The normalized spacial score (nSPS) is 69.8. The van der Waals surface area contributed by atoms with E-state index in [1.807, 2.05) is 0 Å². The molecule has 1 nitrogen and oxygen atoms in total. The van der Waals surface area contributed by atoms with Gasteiger partial charge in [0.1, 0.15) is 0 Å². The number of rotatable bonds is 0. The molecule has 4 rings (SSSR count). The van der Waals surface area contributed by atoms with Gasteiger partial charge in [0.2, 0.25) is 0 Å². The lowest BCUT2D eigenvalue weighted by atomic mass is 9.81. The summed E-state index contributed by atoms with van der Waals surface area (Å²) in [5, 5.41) is 0. The van der Waals surface area contributed by atoms with Crippen LogP contribution in [0.5, 0.6) is 0 Å². The molecule has 6 atom stereocenters. The van der Waals surface area contributed by atoms with E-state index in [4.69, 9.17) is 4.74 Å². The Bertz CT molecular complexity index is 213. The largest absolute Gasteiger partial charge is 0.369 e. The van der Waals surface area contributed by atoms with Gasteiger partial charge in [-0.25, -0.2) is 0 Å². The van der Waals surface area contributed by atoms with Gasteiger partial charge in [0.05, 0.1) is 12.2 Å². The van der Waals surface area contributed by atoms with Crippen molar-refractivity contribution in [2.24, 2.45) is 23.7 Å². The lowest BCUT2D eigenvalue weighted by molar-refractivity contribution is 0.147. The average Bonchev–Trinajstić information content (AvgIpc) is 2.53. The number of ether oxygens (including phenoxy) is 1. The highest BCUT2D eigenvalue weighted by atomic mass is 16.6. The molecule has 0 spiro atoms. The molecule has 4 fully saturated rings. The van der Waals surface area contributed by atoms with E-state index in [1.165, 1.54) is 12.8 Å². The third-order valence-corrected chi connectivity index (χ3v) is 4.66. The van der Waals surface area contributed by atoms with Crippen molar-refractivity contribution >= 4 is 0 Å². The van der Waals surface area contributed by atoms with Crippen LogP contribution in [0.25, 0.3) is 0 Å². The SMILES string of the molecule is C1C[C@H]2C[C@@H]1[C@H]1C[C@@H]3O[C@@H]3[C@@H]21. The zero-order valence-corrected chi connectivity index (χ0v) is 6.70. The lowest BCUT2D eigenvalue weighted by Gasteiger charge is -2.25. The molecule has 0 aromatic carbocycles. The van der Waals surface area contributed by atoms with Crippen LogP contribution in [0.1, 0.15) is 25.7 Å². The van der Waals surface area contributed by atoms with Gasteiger partial charge in [-0.3, -0.25) is 0 Å². The molecule has 0 amide bonds. The van der Waals surface area contributed by atoms with Gasteiger partial charge >= 0.3 is 0 Å². The minimum atomic E-state index is 0.730. The fraction of sp³-hybridized carbons (Fsp3) is 1.00. The summed E-state index contributed by atoms with van der Waals surface area (Å²) in [4.78, 5) is 0. The molecule has 3 aliphatic carbocycles. The van der Waals surface area contributed by atoms with Crippen LogP contribution in [-0.2, 0) is 4.74 Å². The summed E-state index contributed by atoms with van der Waals surface area (Å²) in [5.41, 5.74) is 0. The summed E-state index contributed by atoms with van der Waals surface area (Å²) in [5.74, 6) is 4.35. The molecule has 1 saturated heterocycles. The van der Waals surface area contributed by atoms with Crippen molar-refractivity contribution in [3.05, 3.63) is 0 Å². The molecule has 0 unspecified atom stereocenters. The first kappa shape index (κ1) is 5.58. The Balaban J connectivity index is 1.76. The van der Waals surface area contributed by atoms with Crippen LogP contribution >= 0.6 is 0 Å². The van der Waals surface area contributed by atoms with Gasteiger partial charge < -0.3 is 4.74 Å². The summed E-state index contributed by atoms with van der Waals surface area (Å²) in [7, 11) is 0. The first-order valence-corrected chi connectivity index (χ1v) is 5.09. The zero-order chi connectivity index (χ0) is 7.00. The molecule has 60 valence electrons. The van der Waals surface area contributed by atoms with Gasteiger partial charge in [0.25, 0.3) is 0 Å². The highest BCUT2D eigenvalue weighted by molar-refractivity contribution is 5.12. The van der Waals surface area contributed by atoms with Crippen molar-refractivity contribution in [3.63, 3.8) is 0 Å². The Morgan fingerprint density at radius 1 is 1.00 bits per heavy atom. The van der Waals surface area contributed by atoms with Crippen LogP contribution in [0, 0.1) is 23.7 Å². The van der Waals surface area contributed by atoms with E-state index in [9.17, 15) is 0 Å². The summed E-state index contributed by atoms with van der Waals surface area (Å²) in [6, 6.07) is 0. The maximum Gasteiger partial charge on any atom is 0.0875 e. The van der Waals surface area contributed by atoms with Crippen LogP contribution < -0.4 is 0 Å². The molecule has 3 saturated carbocycles. The highest BCUT2D eigenvalue weighted by Crippen LogP contribution is 2.64. The number of fused-ring (bicyclic) bond motifs is 7. The second kappa shape index (κ2) is 1.52. The van der Waals surface area contributed by atoms with Crippen molar-refractivity contribution in [1.82, 2.24) is 0 Å². The first-order valence-electron chi connectivity index (χ1n) is 5.09. The van der Waals surface area contributed by atoms with Crippen molar-refractivity contribution < 1.29 is 4.74 Å². The Hall–Kier alpha value is -0.0400. The van der Waals surface area contributed by atoms with E-state index in [0.717, 1.165) is 35.9 Å². The smallest absolute Gasteiger partial charge is 0.0875 e. The summed E-state index contributed by atoms with van der Waals surface area (Å²) in [6.45, 7) is 0. The zero-order valence-electron chi connectivity index (χ0n) is 6.70. The maximum absolute atomic E-state index is 5.62. The standard InChI is InChI=1S/C10H14O/c1-2-6-3-5(1)7-4-8-10(11-8)9(6)7/h5-10H,1-4H2/t5-,6+,7-,8+,9+,10+/m1/s1. The fourth-order valence-corrected chi connectivity index (χ4v) is 4.27.